The zero-order valence-corrected chi connectivity index (χ0v) is 13.6. The number of hydrogen-bond donors (Lipinski definition) is 0. The molecule has 3 aliphatic rings. The highest BCUT2D eigenvalue weighted by atomic mass is 79.9. The highest BCUT2D eigenvalue weighted by molar-refractivity contribution is 9.10. The summed E-state index contributed by atoms with van der Waals surface area (Å²) in [4.78, 5) is 8.60. The molecule has 0 bridgehead atoms. The second-order valence-electron chi connectivity index (χ2n) is 6.43. The molecule has 0 spiro atoms. The Hall–Kier alpha value is -0.420. The molecule has 0 saturated carbocycles. The second-order valence-corrected chi connectivity index (χ2v) is 7.34. The molecule has 1 aromatic rings. The van der Waals surface area contributed by atoms with Crippen LogP contribution in [0.25, 0.3) is 0 Å². The second kappa shape index (κ2) is 4.80. The van der Waals surface area contributed by atoms with Crippen molar-refractivity contribution in [1.82, 2.24) is 9.96 Å². The van der Waals surface area contributed by atoms with Crippen molar-refractivity contribution in [3.63, 3.8) is 0 Å². The van der Waals surface area contributed by atoms with Crippen molar-refractivity contribution in [2.24, 2.45) is 5.92 Å². The molecule has 0 N–H and O–H groups in total. The number of halogens is 1. The molecule has 0 radical (unpaired) electrons. The molecule has 2 saturated heterocycles. The Labute approximate surface area is 129 Å². The van der Waals surface area contributed by atoms with E-state index in [0.29, 0.717) is 24.1 Å². The number of benzene rings is 1. The molecule has 0 aliphatic carbocycles. The third-order valence-corrected chi connectivity index (χ3v) is 5.88. The predicted octanol–water partition coefficient (Wildman–Crippen LogP) is 3.00. The molecule has 2 fully saturated rings. The Kier molecular flexibility index (Phi) is 3.18. The summed E-state index contributed by atoms with van der Waals surface area (Å²) in [5.41, 5.74) is 3.06. The zero-order chi connectivity index (χ0) is 13.9. The standard InChI is InChI=1S/C16H21BrN2O/c1-10-14-9-19-6-5-11-3-4-12(17)7-13(11)16(19)8-15(14)18(2)20-10/h3-4,7,10,14-16H,5-6,8-9H2,1-2H3/t10-,14-,15-,16-/m0/s1. The number of hydrogen-bond acceptors (Lipinski definition) is 3. The van der Waals surface area contributed by atoms with Gasteiger partial charge in [0.1, 0.15) is 0 Å². The fourth-order valence-corrected chi connectivity index (χ4v) is 4.69. The molecule has 3 heterocycles. The smallest absolute Gasteiger partial charge is 0.0821 e. The van der Waals surface area contributed by atoms with Crippen LogP contribution in [-0.4, -0.2) is 42.2 Å². The minimum atomic E-state index is 0.356. The van der Waals surface area contributed by atoms with Crippen LogP contribution in [0.2, 0.25) is 0 Å². The fourth-order valence-electron chi connectivity index (χ4n) is 4.31. The quantitative estimate of drug-likeness (QED) is 0.724. The molecule has 20 heavy (non-hydrogen) atoms. The SMILES string of the molecule is C[C@@H]1ON(C)[C@H]2C[C@H]3c4cc(Br)ccc4CCN3C[C@@H]12. The van der Waals surface area contributed by atoms with E-state index in [1.165, 1.54) is 41.5 Å². The Morgan fingerprint density at radius 2 is 2.20 bits per heavy atom. The Balaban J connectivity index is 1.69. The maximum absolute atomic E-state index is 5.92. The minimum absolute atomic E-state index is 0.356. The molecule has 0 unspecified atom stereocenters. The van der Waals surface area contributed by atoms with Gasteiger partial charge in [-0.1, -0.05) is 22.0 Å². The van der Waals surface area contributed by atoms with Gasteiger partial charge in [-0.05, 0) is 43.0 Å². The summed E-state index contributed by atoms with van der Waals surface area (Å²) in [5.74, 6) is 0.657. The highest BCUT2D eigenvalue weighted by Gasteiger charge is 2.47. The van der Waals surface area contributed by atoms with Gasteiger partial charge in [0.15, 0.2) is 0 Å². The first-order valence-electron chi connectivity index (χ1n) is 7.55. The van der Waals surface area contributed by atoms with Crippen molar-refractivity contribution in [2.75, 3.05) is 20.1 Å². The van der Waals surface area contributed by atoms with Crippen LogP contribution >= 0.6 is 15.9 Å². The predicted molar refractivity (Wildman–Crippen MR) is 82.4 cm³/mol. The summed E-state index contributed by atoms with van der Waals surface area (Å²) >= 11 is 3.63. The summed E-state index contributed by atoms with van der Waals surface area (Å²) < 4.78 is 1.20. The van der Waals surface area contributed by atoms with E-state index < -0.39 is 0 Å². The van der Waals surface area contributed by atoms with Gasteiger partial charge < -0.3 is 0 Å². The first-order chi connectivity index (χ1) is 9.63. The van der Waals surface area contributed by atoms with Crippen molar-refractivity contribution in [1.29, 1.82) is 0 Å². The summed E-state index contributed by atoms with van der Waals surface area (Å²) in [6.07, 6.45) is 2.73. The summed E-state index contributed by atoms with van der Waals surface area (Å²) in [6.45, 7) is 4.59. The van der Waals surface area contributed by atoms with Crippen LogP contribution in [0.15, 0.2) is 22.7 Å². The van der Waals surface area contributed by atoms with E-state index in [1.54, 1.807) is 0 Å². The third kappa shape index (κ3) is 1.97. The zero-order valence-electron chi connectivity index (χ0n) is 12.1. The van der Waals surface area contributed by atoms with Gasteiger partial charge in [0.25, 0.3) is 0 Å². The lowest BCUT2D eigenvalue weighted by Gasteiger charge is -2.45. The first kappa shape index (κ1) is 13.3. The van der Waals surface area contributed by atoms with Gasteiger partial charge >= 0.3 is 0 Å². The largest absolute Gasteiger partial charge is 0.296 e. The Morgan fingerprint density at radius 3 is 3.05 bits per heavy atom. The van der Waals surface area contributed by atoms with E-state index in [-0.39, 0.29) is 0 Å². The van der Waals surface area contributed by atoms with E-state index >= 15 is 0 Å². The summed E-state index contributed by atoms with van der Waals surface area (Å²) in [7, 11) is 2.10. The van der Waals surface area contributed by atoms with Crippen molar-refractivity contribution < 1.29 is 4.84 Å². The highest BCUT2D eigenvalue weighted by Crippen LogP contribution is 2.44. The van der Waals surface area contributed by atoms with Crippen molar-refractivity contribution in [3.05, 3.63) is 33.8 Å². The average Bonchev–Trinajstić information content (AvgIpc) is 2.71. The maximum atomic E-state index is 5.92. The topological polar surface area (TPSA) is 15.7 Å². The van der Waals surface area contributed by atoms with E-state index in [0.717, 1.165) is 0 Å². The number of rotatable bonds is 0. The number of fused-ring (bicyclic) bond motifs is 4. The molecule has 4 atom stereocenters. The summed E-state index contributed by atoms with van der Waals surface area (Å²) in [5, 5.41) is 2.11. The van der Waals surface area contributed by atoms with Crippen LogP contribution in [0.4, 0.5) is 0 Å². The Morgan fingerprint density at radius 1 is 1.35 bits per heavy atom. The summed E-state index contributed by atoms with van der Waals surface area (Å²) in [6, 6.07) is 7.92. The number of hydroxylamine groups is 2. The Bertz CT molecular complexity index is 535. The molecule has 0 aromatic heterocycles. The average molecular weight is 337 g/mol. The molecular formula is C16H21BrN2O. The van der Waals surface area contributed by atoms with Gasteiger partial charge in [0, 0.05) is 42.6 Å². The molecule has 0 amide bonds. The van der Waals surface area contributed by atoms with E-state index in [1.807, 2.05) is 0 Å². The fraction of sp³-hybridized carbons (Fsp3) is 0.625. The first-order valence-corrected chi connectivity index (χ1v) is 8.35. The third-order valence-electron chi connectivity index (χ3n) is 5.38. The van der Waals surface area contributed by atoms with E-state index in [2.05, 4.69) is 58.1 Å². The van der Waals surface area contributed by atoms with Gasteiger partial charge in [-0.3, -0.25) is 9.74 Å². The van der Waals surface area contributed by atoms with Crippen LogP contribution in [-0.2, 0) is 11.3 Å². The van der Waals surface area contributed by atoms with Gasteiger partial charge in [0.05, 0.1) is 6.10 Å². The van der Waals surface area contributed by atoms with Crippen molar-refractivity contribution >= 4 is 15.9 Å². The van der Waals surface area contributed by atoms with Crippen LogP contribution < -0.4 is 0 Å². The minimum Gasteiger partial charge on any atom is -0.296 e. The molecular weight excluding hydrogens is 316 g/mol. The molecule has 1 aromatic carbocycles. The lowest BCUT2D eigenvalue weighted by Crippen LogP contribution is -2.50. The van der Waals surface area contributed by atoms with Crippen LogP contribution in [0, 0.1) is 5.92 Å². The number of piperidine rings is 1. The molecule has 4 heteroatoms. The lowest BCUT2D eigenvalue weighted by atomic mass is 9.79. The molecule has 3 nitrogen and oxygen atoms in total. The molecule has 3 aliphatic heterocycles. The van der Waals surface area contributed by atoms with Gasteiger partial charge in [-0.25, -0.2) is 0 Å². The van der Waals surface area contributed by atoms with Gasteiger partial charge in [-0.15, -0.1) is 0 Å². The monoisotopic (exact) mass is 336 g/mol. The van der Waals surface area contributed by atoms with Crippen LogP contribution in [0.1, 0.15) is 30.5 Å². The maximum Gasteiger partial charge on any atom is 0.0821 e. The molecule has 4 rings (SSSR count). The molecule has 108 valence electrons. The lowest BCUT2D eigenvalue weighted by molar-refractivity contribution is -0.140. The number of nitrogens with zero attached hydrogens (tertiary/aromatic N) is 2. The van der Waals surface area contributed by atoms with Crippen molar-refractivity contribution in [3.8, 4) is 0 Å². The van der Waals surface area contributed by atoms with E-state index in [9.17, 15) is 0 Å². The normalized spacial score (nSPS) is 37.4. The van der Waals surface area contributed by atoms with Gasteiger partial charge in [0.2, 0.25) is 0 Å². The van der Waals surface area contributed by atoms with Gasteiger partial charge in [-0.2, -0.15) is 5.06 Å². The van der Waals surface area contributed by atoms with Crippen molar-refractivity contribution in [2.45, 2.75) is 38.0 Å². The van der Waals surface area contributed by atoms with E-state index in [4.69, 9.17) is 4.84 Å². The van der Waals surface area contributed by atoms with Crippen LogP contribution in [0.5, 0.6) is 0 Å². The van der Waals surface area contributed by atoms with Crippen LogP contribution in [0.3, 0.4) is 0 Å².